The van der Waals surface area contributed by atoms with E-state index in [2.05, 4.69) is 4.74 Å². The maximum absolute atomic E-state index is 10.2. The van der Waals surface area contributed by atoms with Gasteiger partial charge in [0, 0.05) is 0 Å². The molecule has 5 nitrogen and oxygen atoms in total. The molecule has 0 aromatic carbocycles. The van der Waals surface area contributed by atoms with Gasteiger partial charge in [-0.25, -0.2) is 0 Å². The molecule has 3 atom stereocenters. The molecule has 5 heteroatoms. The predicted octanol–water partition coefficient (Wildman–Crippen LogP) is 0.941. The molecule has 2 aliphatic heterocycles. The van der Waals surface area contributed by atoms with E-state index in [1.807, 2.05) is 6.92 Å². The number of fused-ring (bicyclic) bond motifs is 1. The van der Waals surface area contributed by atoms with E-state index < -0.39 is 0 Å². The van der Waals surface area contributed by atoms with Crippen molar-refractivity contribution in [1.29, 1.82) is 0 Å². The lowest BCUT2D eigenvalue weighted by molar-refractivity contribution is -0.251. The summed E-state index contributed by atoms with van der Waals surface area (Å²) in [6, 6.07) is 0. The van der Waals surface area contributed by atoms with Crippen molar-refractivity contribution < 1.29 is 23.7 Å². The van der Waals surface area contributed by atoms with Crippen LogP contribution >= 0.6 is 0 Å². The zero-order valence-electron chi connectivity index (χ0n) is 8.55. The van der Waals surface area contributed by atoms with E-state index in [1.54, 1.807) is 6.08 Å². The molecule has 2 heterocycles. The van der Waals surface area contributed by atoms with E-state index in [9.17, 15) is 4.79 Å². The molecular weight excluding hydrogens is 200 g/mol. The van der Waals surface area contributed by atoms with E-state index >= 15 is 0 Å². The molecule has 3 unspecified atom stereocenters. The Morgan fingerprint density at radius 2 is 2.40 bits per heavy atom. The van der Waals surface area contributed by atoms with Gasteiger partial charge in [0.15, 0.2) is 12.4 Å². The van der Waals surface area contributed by atoms with Crippen molar-refractivity contribution in [1.82, 2.24) is 0 Å². The first-order chi connectivity index (χ1) is 7.29. The van der Waals surface area contributed by atoms with Crippen LogP contribution in [0.3, 0.4) is 0 Å². The van der Waals surface area contributed by atoms with Crippen LogP contribution in [0.15, 0.2) is 12.0 Å². The highest BCUT2D eigenvalue weighted by Crippen LogP contribution is 2.25. The Morgan fingerprint density at radius 1 is 1.53 bits per heavy atom. The quantitative estimate of drug-likeness (QED) is 0.640. The van der Waals surface area contributed by atoms with Gasteiger partial charge in [-0.3, -0.25) is 4.79 Å². The Labute approximate surface area is 87.9 Å². The van der Waals surface area contributed by atoms with E-state index in [1.165, 1.54) is 0 Å². The molecule has 2 aliphatic rings. The molecule has 1 fully saturated rings. The van der Waals surface area contributed by atoms with Gasteiger partial charge < -0.3 is 18.9 Å². The van der Waals surface area contributed by atoms with Gasteiger partial charge in [-0.2, -0.15) is 0 Å². The molecule has 0 saturated carbocycles. The van der Waals surface area contributed by atoms with Gasteiger partial charge in [-0.15, -0.1) is 0 Å². The first-order valence-electron chi connectivity index (χ1n) is 5.04. The van der Waals surface area contributed by atoms with Crippen LogP contribution in [0.25, 0.3) is 0 Å². The van der Waals surface area contributed by atoms with Crippen molar-refractivity contribution in [2.24, 2.45) is 0 Å². The fourth-order valence-electron chi connectivity index (χ4n) is 1.76. The van der Waals surface area contributed by atoms with Crippen molar-refractivity contribution >= 4 is 6.47 Å². The van der Waals surface area contributed by atoms with E-state index in [0.717, 1.165) is 12.8 Å². The monoisotopic (exact) mass is 214 g/mol. The number of allylic oxidation sites excluding steroid dienone is 1. The van der Waals surface area contributed by atoms with Crippen LogP contribution in [-0.2, 0) is 23.7 Å². The standard InChI is InChI=1S/C10H14O5/c1-7-12-5-9-8(14-7)3-2-4-10(15-9)13-6-11/h4,6-9H,2-3,5H2,1H3. The summed E-state index contributed by atoms with van der Waals surface area (Å²) in [6.07, 6.45) is 3.01. The summed E-state index contributed by atoms with van der Waals surface area (Å²) in [5.41, 5.74) is 0. The first kappa shape index (κ1) is 10.4. The summed E-state index contributed by atoms with van der Waals surface area (Å²) in [5.74, 6) is 0.249. The summed E-state index contributed by atoms with van der Waals surface area (Å²) in [5, 5.41) is 0. The highest BCUT2D eigenvalue weighted by Gasteiger charge is 2.33. The predicted molar refractivity (Wildman–Crippen MR) is 49.6 cm³/mol. The summed E-state index contributed by atoms with van der Waals surface area (Å²) in [6.45, 7) is 2.68. The Kier molecular flexibility index (Phi) is 3.23. The number of rotatable bonds is 2. The van der Waals surface area contributed by atoms with Crippen LogP contribution in [0.2, 0.25) is 0 Å². The van der Waals surface area contributed by atoms with Crippen molar-refractivity contribution in [3.8, 4) is 0 Å². The Morgan fingerprint density at radius 3 is 3.20 bits per heavy atom. The van der Waals surface area contributed by atoms with E-state index in [4.69, 9.17) is 14.2 Å². The zero-order valence-corrected chi connectivity index (χ0v) is 8.55. The number of hydrogen-bond acceptors (Lipinski definition) is 5. The second kappa shape index (κ2) is 4.63. The molecular formula is C10H14O5. The Bertz CT molecular complexity index is 263. The summed E-state index contributed by atoms with van der Waals surface area (Å²) in [4.78, 5) is 10.2. The zero-order chi connectivity index (χ0) is 10.7. The molecule has 0 radical (unpaired) electrons. The smallest absolute Gasteiger partial charge is 0.300 e. The lowest BCUT2D eigenvalue weighted by Gasteiger charge is -2.33. The normalized spacial score (nSPS) is 35.5. The SMILES string of the molecule is CC1OCC2OC(OC=O)=CCCC2O1. The van der Waals surface area contributed by atoms with Gasteiger partial charge in [-0.1, -0.05) is 0 Å². The van der Waals surface area contributed by atoms with Crippen molar-refractivity contribution in [3.05, 3.63) is 12.0 Å². The third kappa shape index (κ3) is 2.49. The van der Waals surface area contributed by atoms with Crippen molar-refractivity contribution in [3.63, 3.8) is 0 Å². The average Bonchev–Trinajstić information content (AvgIpc) is 2.40. The van der Waals surface area contributed by atoms with Gasteiger partial charge in [0.05, 0.1) is 6.61 Å². The second-order valence-electron chi connectivity index (χ2n) is 3.55. The highest BCUT2D eigenvalue weighted by atomic mass is 16.7. The number of carbonyl (C=O) groups is 1. The minimum atomic E-state index is -0.191. The van der Waals surface area contributed by atoms with E-state index in [-0.39, 0.29) is 24.4 Å². The van der Waals surface area contributed by atoms with Crippen molar-refractivity contribution in [2.75, 3.05) is 6.61 Å². The van der Waals surface area contributed by atoms with Crippen LogP contribution in [0, 0.1) is 0 Å². The van der Waals surface area contributed by atoms with Gasteiger partial charge in [0.25, 0.3) is 5.95 Å². The number of hydrogen-bond donors (Lipinski definition) is 0. The average molecular weight is 214 g/mol. The fourth-order valence-corrected chi connectivity index (χ4v) is 1.76. The first-order valence-corrected chi connectivity index (χ1v) is 5.04. The van der Waals surface area contributed by atoms with E-state index in [0.29, 0.717) is 13.1 Å². The van der Waals surface area contributed by atoms with Crippen LogP contribution in [0.1, 0.15) is 19.8 Å². The summed E-state index contributed by atoms with van der Waals surface area (Å²) in [7, 11) is 0. The molecule has 2 rings (SSSR count). The van der Waals surface area contributed by atoms with Crippen LogP contribution in [0.5, 0.6) is 0 Å². The lowest BCUT2D eigenvalue weighted by Crippen LogP contribution is -2.43. The second-order valence-corrected chi connectivity index (χ2v) is 3.55. The minimum absolute atomic E-state index is 0.0118. The van der Waals surface area contributed by atoms with Crippen LogP contribution in [-0.4, -0.2) is 31.6 Å². The van der Waals surface area contributed by atoms with Crippen molar-refractivity contribution in [2.45, 2.75) is 38.3 Å². The highest BCUT2D eigenvalue weighted by molar-refractivity contribution is 5.39. The molecule has 0 aromatic heterocycles. The maximum atomic E-state index is 10.2. The molecule has 0 aromatic rings. The van der Waals surface area contributed by atoms with Crippen LogP contribution in [0.4, 0.5) is 0 Å². The molecule has 0 spiro atoms. The molecule has 1 saturated heterocycles. The maximum Gasteiger partial charge on any atom is 0.300 e. The molecule has 0 N–H and O–H groups in total. The fraction of sp³-hybridized carbons (Fsp3) is 0.700. The number of carbonyl (C=O) groups excluding carboxylic acids is 1. The molecule has 0 amide bonds. The Hall–Kier alpha value is -1.07. The topological polar surface area (TPSA) is 54.0 Å². The van der Waals surface area contributed by atoms with Gasteiger partial charge in [-0.05, 0) is 25.8 Å². The molecule has 0 aliphatic carbocycles. The van der Waals surface area contributed by atoms with Gasteiger partial charge in [0.1, 0.15) is 6.10 Å². The largest absolute Gasteiger partial charge is 0.457 e. The molecule has 0 bridgehead atoms. The van der Waals surface area contributed by atoms with Gasteiger partial charge in [0.2, 0.25) is 0 Å². The summed E-state index contributed by atoms with van der Waals surface area (Å²) >= 11 is 0. The lowest BCUT2D eigenvalue weighted by atomic mass is 10.1. The van der Waals surface area contributed by atoms with Crippen LogP contribution < -0.4 is 0 Å². The molecule has 15 heavy (non-hydrogen) atoms. The third-order valence-electron chi connectivity index (χ3n) is 2.47. The number of ether oxygens (including phenoxy) is 4. The molecule has 84 valence electrons. The third-order valence-corrected chi connectivity index (χ3v) is 2.47. The minimum Gasteiger partial charge on any atom is -0.457 e. The Balaban J connectivity index is 1.98. The van der Waals surface area contributed by atoms with Gasteiger partial charge >= 0.3 is 6.47 Å². The summed E-state index contributed by atoms with van der Waals surface area (Å²) < 4.78 is 21.0.